The Labute approximate surface area is 113 Å². The van der Waals surface area contributed by atoms with Gasteiger partial charge in [0.05, 0.1) is 20.6 Å². The van der Waals surface area contributed by atoms with Gasteiger partial charge in [0.25, 0.3) is 0 Å². The van der Waals surface area contributed by atoms with Gasteiger partial charge in [0.1, 0.15) is 0 Å². The Kier molecular flexibility index (Phi) is 9.74. The minimum atomic E-state index is -0.393. The standard InChI is InChI=1S/C10H14N2O3.2ClH/c1-14-9-4-3-7(6-12-9)8(11)5-10(13)15-2;;/h3-4,6,8H,5,11H2,1-2H3;2*1H/t8-;;/m0../s1. The van der Waals surface area contributed by atoms with Crippen LogP contribution in [0.2, 0.25) is 0 Å². The van der Waals surface area contributed by atoms with Gasteiger partial charge in [-0.05, 0) is 5.56 Å². The van der Waals surface area contributed by atoms with E-state index in [1.54, 1.807) is 18.3 Å². The highest BCUT2D eigenvalue weighted by Crippen LogP contribution is 2.15. The Morgan fingerprint density at radius 1 is 1.41 bits per heavy atom. The molecule has 98 valence electrons. The molecule has 0 aliphatic rings. The Morgan fingerprint density at radius 3 is 2.47 bits per heavy atom. The summed E-state index contributed by atoms with van der Waals surface area (Å²) in [4.78, 5) is 15.0. The van der Waals surface area contributed by atoms with Crippen molar-refractivity contribution in [2.75, 3.05) is 14.2 Å². The molecule has 1 aromatic rings. The lowest BCUT2D eigenvalue weighted by Crippen LogP contribution is -2.16. The Bertz CT molecular complexity index is 333. The van der Waals surface area contributed by atoms with E-state index in [-0.39, 0.29) is 37.2 Å². The second-order valence-electron chi connectivity index (χ2n) is 3.02. The van der Waals surface area contributed by atoms with Crippen molar-refractivity contribution in [1.82, 2.24) is 4.98 Å². The maximum absolute atomic E-state index is 11.0. The minimum Gasteiger partial charge on any atom is -0.481 e. The zero-order valence-corrected chi connectivity index (χ0v) is 11.2. The van der Waals surface area contributed by atoms with Gasteiger partial charge in [0.2, 0.25) is 5.88 Å². The van der Waals surface area contributed by atoms with Gasteiger partial charge < -0.3 is 15.2 Å². The van der Waals surface area contributed by atoms with Crippen molar-refractivity contribution in [3.63, 3.8) is 0 Å². The largest absolute Gasteiger partial charge is 0.481 e. The summed E-state index contributed by atoms with van der Waals surface area (Å²) in [5.74, 6) is 0.183. The number of rotatable bonds is 4. The molecule has 0 fully saturated rings. The lowest BCUT2D eigenvalue weighted by molar-refractivity contribution is -0.141. The van der Waals surface area contributed by atoms with E-state index >= 15 is 0 Å². The molecule has 0 amide bonds. The smallest absolute Gasteiger partial charge is 0.307 e. The van der Waals surface area contributed by atoms with Crippen LogP contribution in [0.4, 0.5) is 0 Å². The topological polar surface area (TPSA) is 74.4 Å². The minimum absolute atomic E-state index is 0. The fourth-order valence-electron chi connectivity index (χ4n) is 1.11. The van der Waals surface area contributed by atoms with Crippen LogP contribution in [0, 0.1) is 0 Å². The first-order valence-electron chi connectivity index (χ1n) is 4.49. The van der Waals surface area contributed by atoms with E-state index < -0.39 is 6.04 Å². The lowest BCUT2D eigenvalue weighted by Gasteiger charge is -2.10. The summed E-state index contributed by atoms with van der Waals surface area (Å²) < 4.78 is 9.43. The van der Waals surface area contributed by atoms with Crippen molar-refractivity contribution in [2.45, 2.75) is 12.5 Å². The number of hydrogen-bond acceptors (Lipinski definition) is 5. The van der Waals surface area contributed by atoms with Gasteiger partial charge in [-0.25, -0.2) is 4.98 Å². The molecule has 0 aliphatic carbocycles. The van der Waals surface area contributed by atoms with Gasteiger partial charge >= 0.3 is 5.97 Å². The molecule has 0 spiro atoms. The zero-order chi connectivity index (χ0) is 11.3. The summed E-state index contributed by atoms with van der Waals surface area (Å²) >= 11 is 0. The maximum atomic E-state index is 11.0. The molecule has 0 bridgehead atoms. The average Bonchev–Trinajstić information content (AvgIpc) is 2.29. The van der Waals surface area contributed by atoms with Gasteiger partial charge in [-0.15, -0.1) is 24.8 Å². The number of hydrogen-bond donors (Lipinski definition) is 1. The molecule has 0 aliphatic heterocycles. The molecule has 0 unspecified atom stereocenters. The molecular formula is C10H16Cl2N2O3. The number of nitrogens with two attached hydrogens (primary N) is 1. The number of pyridine rings is 1. The van der Waals surface area contributed by atoms with Crippen molar-refractivity contribution >= 4 is 30.8 Å². The predicted molar refractivity (Wildman–Crippen MR) is 68.8 cm³/mol. The van der Waals surface area contributed by atoms with Crippen LogP contribution in [0.3, 0.4) is 0 Å². The van der Waals surface area contributed by atoms with E-state index in [4.69, 9.17) is 10.5 Å². The molecule has 17 heavy (non-hydrogen) atoms. The van der Waals surface area contributed by atoms with Crippen molar-refractivity contribution in [3.8, 4) is 5.88 Å². The number of aromatic nitrogens is 1. The molecule has 0 saturated carbocycles. The van der Waals surface area contributed by atoms with Crippen LogP contribution in [0.25, 0.3) is 0 Å². The van der Waals surface area contributed by atoms with Gasteiger partial charge in [0, 0.05) is 18.3 Å². The number of carbonyl (C=O) groups excluding carboxylic acids is 1. The van der Waals surface area contributed by atoms with Crippen LogP contribution in [0.1, 0.15) is 18.0 Å². The van der Waals surface area contributed by atoms with Crippen LogP contribution < -0.4 is 10.5 Å². The van der Waals surface area contributed by atoms with Gasteiger partial charge in [-0.1, -0.05) is 6.07 Å². The van der Waals surface area contributed by atoms with Crippen LogP contribution in [-0.2, 0) is 9.53 Å². The first-order chi connectivity index (χ1) is 7.17. The van der Waals surface area contributed by atoms with E-state index in [2.05, 4.69) is 9.72 Å². The van der Waals surface area contributed by atoms with Crippen LogP contribution >= 0.6 is 24.8 Å². The molecule has 0 saturated heterocycles. The Hall–Kier alpha value is -1.04. The molecule has 1 atom stereocenters. The summed E-state index contributed by atoms with van der Waals surface area (Å²) in [7, 11) is 2.87. The third-order valence-electron chi connectivity index (χ3n) is 2.01. The van der Waals surface area contributed by atoms with E-state index in [1.165, 1.54) is 14.2 Å². The average molecular weight is 283 g/mol. The maximum Gasteiger partial charge on any atom is 0.307 e. The van der Waals surface area contributed by atoms with Crippen molar-refractivity contribution < 1.29 is 14.3 Å². The highest BCUT2D eigenvalue weighted by atomic mass is 35.5. The summed E-state index contributed by atoms with van der Waals surface area (Å²) in [6, 6.07) is 3.09. The molecule has 2 N–H and O–H groups in total. The third kappa shape index (κ3) is 5.72. The highest BCUT2D eigenvalue weighted by Gasteiger charge is 2.12. The van der Waals surface area contributed by atoms with Crippen molar-refractivity contribution in [3.05, 3.63) is 23.9 Å². The summed E-state index contributed by atoms with van der Waals surface area (Å²) in [6.07, 6.45) is 1.73. The van der Waals surface area contributed by atoms with Crippen molar-refractivity contribution in [1.29, 1.82) is 0 Å². The number of halogens is 2. The molecule has 5 nitrogen and oxygen atoms in total. The number of ether oxygens (including phenoxy) is 2. The number of methoxy groups -OCH3 is 2. The number of nitrogens with zero attached hydrogens (tertiary/aromatic N) is 1. The second-order valence-corrected chi connectivity index (χ2v) is 3.02. The van der Waals surface area contributed by atoms with E-state index in [0.717, 1.165) is 5.56 Å². The fraction of sp³-hybridized carbons (Fsp3) is 0.400. The van der Waals surface area contributed by atoms with Gasteiger partial charge in [-0.3, -0.25) is 4.79 Å². The van der Waals surface area contributed by atoms with E-state index in [0.29, 0.717) is 5.88 Å². The van der Waals surface area contributed by atoms with Crippen LogP contribution in [-0.4, -0.2) is 25.2 Å². The second kappa shape index (κ2) is 9.04. The molecule has 1 rings (SSSR count). The third-order valence-corrected chi connectivity index (χ3v) is 2.01. The fourth-order valence-corrected chi connectivity index (χ4v) is 1.11. The van der Waals surface area contributed by atoms with E-state index in [1.807, 2.05) is 0 Å². The van der Waals surface area contributed by atoms with Crippen LogP contribution in [0.15, 0.2) is 18.3 Å². The lowest BCUT2D eigenvalue weighted by atomic mass is 10.1. The SMILES string of the molecule is COC(=O)C[C@H](N)c1ccc(OC)nc1.Cl.Cl. The molecule has 1 aromatic heterocycles. The predicted octanol–water partition coefficient (Wildman–Crippen LogP) is 1.50. The van der Waals surface area contributed by atoms with Gasteiger partial charge in [0.15, 0.2) is 0 Å². The summed E-state index contributed by atoms with van der Waals surface area (Å²) in [5.41, 5.74) is 6.56. The highest BCUT2D eigenvalue weighted by molar-refractivity contribution is 5.85. The Morgan fingerprint density at radius 2 is 2.06 bits per heavy atom. The van der Waals surface area contributed by atoms with Gasteiger partial charge in [-0.2, -0.15) is 0 Å². The molecule has 1 heterocycles. The zero-order valence-electron chi connectivity index (χ0n) is 9.58. The quantitative estimate of drug-likeness (QED) is 0.847. The number of esters is 1. The van der Waals surface area contributed by atoms with Crippen LogP contribution in [0.5, 0.6) is 5.88 Å². The molecule has 7 heteroatoms. The monoisotopic (exact) mass is 282 g/mol. The first kappa shape index (κ1) is 18.3. The summed E-state index contributed by atoms with van der Waals surface area (Å²) in [6.45, 7) is 0. The normalized spacial score (nSPS) is 10.5. The first-order valence-corrected chi connectivity index (χ1v) is 4.49. The number of carbonyl (C=O) groups is 1. The molecule has 0 aromatic carbocycles. The molecule has 0 radical (unpaired) electrons. The van der Waals surface area contributed by atoms with E-state index in [9.17, 15) is 4.79 Å². The Balaban J connectivity index is 0. The van der Waals surface area contributed by atoms with Crippen molar-refractivity contribution in [2.24, 2.45) is 5.73 Å². The molecular weight excluding hydrogens is 267 g/mol. The summed E-state index contributed by atoms with van der Waals surface area (Å²) in [5, 5.41) is 0.